The maximum Gasteiger partial charge on any atom is 0.0994 e. The Morgan fingerprint density at radius 2 is 2.18 bits per heavy atom. The van der Waals surface area contributed by atoms with E-state index in [-0.39, 0.29) is 0 Å². The summed E-state index contributed by atoms with van der Waals surface area (Å²) in [4.78, 5) is 0. The van der Waals surface area contributed by atoms with Crippen LogP contribution in [0.15, 0.2) is 0 Å². The van der Waals surface area contributed by atoms with Crippen LogP contribution in [0.25, 0.3) is 0 Å². The summed E-state index contributed by atoms with van der Waals surface area (Å²) in [6, 6.07) is 0. The summed E-state index contributed by atoms with van der Waals surface area (Å²) in [5.74, 6) is 1.66. The zero-order valence-corrected chi connectivity index (χ0v) is 11.0. The van der Waals surface area contributed by atoms with Crippen LogP contribution in [0.4, 0.5) is 0 Å². The highest BCUT2D eigenvalue weighted by Gasteiger charge is 2.22. The minimum absolute atomic E-state index is 0.511. The van der Waals surface area contributed by atoms with Crippen LogP contribution in [0.5, 0.6) is 0 Å². The van der Waals surface area contributed by atoms with Gasteiger partial charge in [0.25, 0.3) is 0 Å². The molecule has 1 aliphatic carbocycles. The average molecular weight is 236 g/mol. The molecule has 0 bridgehead atoms. The largest absolute Gasteiger partial charge is 0.325 e. The molecule has 0 saturated heterocycles. The first kappa shape index (κ1) is 12.6. The predicted octanol–water partition coefficient (Wildman–Crippen LogP) is 2.13. The van der Waals surface area contributed by atoms with Crippen molar-refractivity contribution in [3.63, 3.8) is 0 Å². The van der Waals surface area contributed by atoms with Crippen molar-refractivity contribution in [2.45, 2.75) is 59.0 Å². The minimum atomic E-state index is 0.511. The zero-order valence-electron chi connectivity index (χ0n) is 11.0. The number of aromatic nitrogens is 3. The van der Waals surface area contributed by atoms with Crippen molar-refractivity contribution < 1.29 is 0 Å². The SMILES string of the molecule is CC(C)CCc1c(CN)nnn1CCC1CC1. The second-order valence-corrected chi connectivity index (χ2v) is 5.57. The van der Waals surface area contributed by atoms with Crippen molar-refractivity contribution in [2.75, 3.05) is 0 Å². The number of rotatable bonds is 7. The molecule has 0 spiro atoms. The zero-order chi connectivity index (χ0) is 12.3. The Morgan fingerprint density at radius 1 is 1.41 bits per heavy atom. The number of nitrogens with zero attached hydrogens (tertiary/aromatic N) is 3. The molecule has 96 valence electrons. The van der Waals surface area contributed by atoms with E-state index in [1.807, 2.05) is 0 Å². The summed E-state index contributed by atoms with van der Waals surface area (Å²) in [7, 11) is 0. The molecule has 0 aliphatic heterocycles. The van der Waals surface area contributed by atoms with Crippen molar-refractivity contribution in [1.29, 1.82) is 0 Å². The molecule has 1 heterocycles. The lowest BCUT2D eigenvalue weighted by Gasteiger charge is -2.09. The Balaban J connectivity index is 1.98. The van der Waals surface area contributed by atoms with Gasteiger partial charge < -0.3 is 5.73 Å². The molecule has 0 unspecified atom stereocenters. The van der Waals surface area contributed by atoms with Crippen LogP contribution < -0.4 is 5.73 Å². The van der Waals surface area contributed by atoms with E-state index in [0.717, 1.165) is 24.6 Å². The molecule has 2 rings (SSSR count). The summed E-state index contributed by atoms with van der Waals surface area (Å²) in [5.41, 5.74) is 7.98. The Kier molecular flexibility index (Phi) is 4.15. The van der Waals surface area contributed by atoms with E-state index >= 15 is 0 Å². The Morgan fingerprint density at radius 3 is 2.76 bits per heavy atom. The van der Waals surface area contributed by atoms with Gasteiger partial charge in [-0.1, -0.05) is 31.9 Å². The molecule has 1 aliphatic rings. The van der Waals surface area contributed by atoms with Crippen LogP contribution in [0.3, 0.4) is 0 Å². The van der Waals surface area contributed by atoms with Crippen LogP contribution in [0.2, 0.25) is 0 Å². The summed E-state index contributed by atoms with van der Waals surface area (Å²) >= 11 is 0. The molecule has 17 heavy (non-hydrogen) atoms. The average Bonchev–Trinajstić information content (AvgIpc) is 3.04. The fourth-order valence-electron chi connectivity index (χ4n) is 2.12. The highest BCUT2D eigenvalue weighted by atomic mass is 15.4. The fourth-order valence-corrected chi connectivity index (χ4v) is 2.12. The highest BCUT2D eigenvalue weighted by Crippen LogP contribution is 2.32. The third-order valence-electron chi connectivity index (χ3n) is 3.52. The molecule has 4 heteroatoms. The molecule has 0 aromatic carbocycles. The van der Waals surface area contributed by atoms with Gasteiger partial charge in [0.2, 0.25) is 0 Å². The first-order chi connectivity index (χ1) is 8.20. The lowest BCUT2D eigenvalue weighted by atomic mass is 10.1. The number of hydrogen-bond acceptors (Lipinski definition) is 3. The summed E-state index contributed by atoms with van der Waals surface area (Å²) < 4.78 is 2.09. The van der Waals surface area contributed by atoms with E-state index in [2.05, 4.69) is 28.8 Å². The standard InChI is InChI=1S/C13H24N4/c1-10(2)3-6-13-12(9-14)15-16-17(13)8-7-11-4-5-11/h10-11H,3-9,14H2,1-2H3. The minimum Gasteiger partial charge on any atom is -0.325 e. The van der Waals surface area contributed by atoms with Gasteiger partial charge in [-0.2, -0.15) is 0 Å². The summed E-state index contributed by atoms with van der Waals surface area (Å²) in [6.45, 7) is 6.03. The second-order valence-electron chi connectivity index (χ2n) is 5.57. The van der Waals surface area contributed by atoms with Crippen LogP contribution in [-0.4, -0.2) is 15.0 Å². The fraction of sp³-hybridized carbons (Fsp3) is 0.846. The van der Waals surface area contributed by atoms with Gasteiger partial charge in [-0.25, -0.2) is 4.68 Å². The van der Waals surface area contributed by atoms with Crippen LogP contribution in [0.1, 0.15) is 50.9 Å². The maximum atomic E-state index is 5.72. The smallest absolute Gasteiger partial charge is 0.0994 e. The first-order valence-electron chi connectivity index (χ1n) is 6.82. The van der Waals surface area contributed by atoms with E-state index in [0.29, 0.717) is 12.5 Å². The summed E-state index contributed by atoms with van der Waals surface area (Å²) in [5, 5.41) is 8.45. The molecule has 1 aromatic rings. The van der Waals surface area contributed by atoms with Gasteiger partial charge in [-0.05, 0) is 31.1 Å². The van der Waals surface area contributed by atoms with E-state index < -0.39 is 0 Å². The van der Waals surface area contributed by atoms with Crippen LogP contribution in [0, 0.1) is 11.8 Å². The quantitative estimate of drug-likeness (QED) is 0.789. The monoisotopic (exact) mass is 236 g/mol. The lowest BCUT2D eigenvalue weighted by molar-refractivity contribution is 0.496. The van der Waals surface area contributed by atoms with Crippen molar-refractivity contribution in [1.82, 2.24) is 15.0 Å². The third-order valence-corrected chi connectivity index (χ3v) is 3.52. The van der Waals surface area contributed by atoms with Gasteiger partial charge >= 0.3 is 0 Å². The Bertz CT molecular complexity index is 352. The lowest BCUT2D eigenvalue weighted by Crippen LogP contribution is -2.09. The van der Waals surface area contributed by atoms with Gasteiger partial charge in [0, 0.05) is 13.1 Å². The third kappa shape index (κ3) is 3.53. The molecule has 0 amide bonds. The molecular weight excluding hydrogens is 212 g/mol. The van der Waals surface area contributed by atoms with Crippen LogP contribution >= 0.6 is 0 Å². The molecule has 2 N–H and O–H groups in total. The van der Waals surface area contributed by atoms with Crippen LogP contribution in [-0.2, 0) is 19.5 Å². The number of nitrogens with two attached hydrogens (primary N) is 1. The van der Waals surface area contributed by atoms with E-state index in [9.17, 15) is 0 Å². The normalized spacial score (nSPS) is 15.8. The van der Waals surface area contributed by atoms with E-state index in [1.54, 1.807) is 0 Å². The van der Waals surface area contributed by atoms with Gasteiger partial charge in [-0.15, -0.1) is 5.10 Å². The molecule has 0 radical (unpaired) electrons. The predicted molar refractivity (Wildman–Crippen MR) is 68.4 cm³/mol. The van der Waals surface area contributed by atoms with E-state index in [4.69, 9.17) is 5.73 Å². The Hall–Kier alpha value is -0.900. The maximum absolute atomic E-state index is 5.72. The molecule has 1 aromatic heterocycles. The number of aryl methyl sites for hydroxylation is 1. The van der Waals surface area contributed by atoms with Crippen molar-refractivity contribution in [2.24, 2.45) is 17.6 Å². The van der Waals surface area contributed by atoms with Crippen molar-refractivity contribution in [3.05, 3.63) is 11.4 Å². The topological polar surface area (TPSA) is 56.7 Å². The molecular formula is C13H24N4. The van der Waals surface area contributed by atoms with Gasteiger partial charge in [0.1, 0.15) is 0 Å². The van der Waals surface area contributed by atoms with Gasteiger partial charge in [-0.3, -0.25) is 0 Å². The molecule has 4 nitrogen and oxygen atoms in total. The van der Waals surface area contributed by atoms with Gasteiger partial charge in [0.05, 0.1) is 11.4 Å². The Labute approximate surface area is 104 Å². The molecule has 0 atom stereocenters. The molecule has 1 saturated carbocycles. The second kappa shape index (κ2) is 5.63. The first-order valence-corrected chi connectivity index (χ1v) is 6.82. The van der Waals surface area contributed by atoms with Gasteiger partial charge in [0.15, 0.2) is 0 Å². The van der Waals surface area contributed by atoms with Crippen molar-refractivity contribution >= 4 is 0 Å². The molecule has 1 fully saturated rings. The summed E-state index contributed by atoms with van der Waals surface area (Å²) in [6.07, 6.45) is 6.30. The van der Waals surface area contributed by atoms with Crippen molar-refractivity contribution in [3.8, 4) is 0 Å². The van der Waals surface area contributed by atoms with E-state index in [1.165, 1.54) is 31.4 Å². The highest BCUT2D eigenvalue weighted by molar-refractivity contribution is 5.10. The number of hydrogen-bond donors (Lipinski definition) is 1.